The molecule has 0 aliphatic heterocycles. The Morgan fingerprint density at radius 1 is 1.10 bits per heavy atom. The Kier molecular flexibility index (Phi) is 9.15. The van der Waals surface area contributed by atoms with Crippen molar-refractivity contribution in [3.63, 3.8) is 0 Å². The monoisotopic (exact) mass is 446 g/mol. The first-order valence-electron chi connectivity index (χ1n) is 9.07. The third-order valence-electron chi connectivity index (χ3n) is 4.07. The molecule has 0 fully saturated rings. The smallest absolute Gasteiger partial charge is 0.169 e. The van der Waals surface area contributed by atoms with E-state index in [0.717, 1.165) is 21.7 Å². The molecule has 0 saturated carbocycles. The number of aliphatic imine (C=N–C) groups is 1. The molecule has 0 N–H and O–H groups in total. The number of Topliss-reactive ketones (excluding diaryl/α,β-unsaturated/α-hetero) is 1. The van der Waals surface area contributed by atoms with Crippen LogP contribution in [0.3, 0.4) is 0 Å². The van der Waals surface area contributed by atoms with Gasteiger partial charge in [-0.05, 0) is 49.7 Å². The molecule has 1 heterocycles. The molecule has 0 amide bonds. The molecular formula is C23H21ClF2N2OS. The number of carbonyl (C=O) groups is 1. The van der Waals surface area contributed by atoms with E-state index in [2.05, 4.69) is 23.0 Å². The number of benzene rings is 2. The van der Waals surface area contributed by atoms with Crippen molar-refractivity contribution in [2.45, 2.75) is 19.1 Å². The van der Waals surface area contributed by atoms with E-state index in [-0.39, 0.29) is 5.56 Å². The van der Waals surface area contributed by atoms with E-state index in [1.807, 2.05) is 43.6 Å². The summed E-state index contributed by atoms with van der Waals surface area (Å²) in [7, 11) is 1.81. The van der Waals surface area contributed by atoms with E-state index in [1.165, 1.54) is 24.6 Å². The molecule has 1 atom stereocenters. The Balaban J connectivity index is 0.000000248. The number of hydrogen-bond donors (Lipinski definition) is 0. The summed E-state index contributed by atoms with van der Waals surface area (Å²) in [5, 5.41) is 2.06. The number of rotatable bonds is 4. The number of nitrogens with zero attached hydrogens (tertiary/aromatic N) is 2. The van der Waals surface area contributed by atoms with Crippen LogP contribution in [0, 0.1) is 11.6 Å². The van der Waals surface area contributed by atoms with E-state index in [0.29, 0.717) is 5.25 Å². The number of halogens is 3. The van der Waals surface area contributed by atoms with Crippen molar-refractivity contribution in [1.29, 1.82) is 0 Å². The number of ketones is 1. The molecule has 3 nitrogen and oxygen atoms in total. The Labute approximate surface area is 184 Å². The summed E-state index contributed by atoms with van der Waals surface area (Å²) in [5.41, 5.74) is 2.08. The first-order chi connectivity index (χ1) is 14.3. The highest BCUT2D eigenvalue weighted by molar-refractivity contribution is 8.14. The molecule has 0 saturated heterocycles. The predicted octanol–water partition coefficient (Wildman–Crippen LogP) is 6.77. The lowest BCUT2D eigenvalue weighted by Gasteiger charge is -2.13. The van der Waals surface area contributed by atoms with Crippen LogP contribution < -0.4 is 0 Å². The maximum Gasteiger partial charge on any atom is 0.169 e. The van der Waals surface area contributed by atoms with Gasteiger partial charge < -0.3 is 0 Å². The van der Waals surface area contributed by atoms with Gasteiger partial charge in [0, 0.05) is 35.3 Å². The zero-order chi connectivity index (χ0) is 22.1. The summed E-state index contributed by atoms with van der Waals surface area (Å²) in [6, 6.07) is 15.3. The van der Waals surface area contributed by atoms with Crippen LogP contribution in [-0.2, 0) is 0 Å². The van der Waals surface area contributed by atoms with Crippen LogP contribution in [0.15, 0.2) is 72.0 Å². The van der Waals surface area contributed by atoms with Gasteiger partial charge in [0.15, 0.2) is 17.4 Å². The average Bonchev–Trinajstić information content (AvgIpc) is 2.75. The number of hydrogen-bond acceptors (Lipinski definition) is 4. The summed E-state index contributed by atoms with van der Waals surface area (Å²) in [5.74, 6) is -2.53. The van der Waals surface area contributed by atoms with Gasteiger partial charge in [0.2, 0.25) is 0 Å². The maximum absolute atomic E-state index is 12.7. The van der Waals surface area contributed by atoms with Crippen molar-refractivity contribution in [3.8, 4) is 0 Å². The largest absolute Gasteiger partial charge is 0.294 e. The Morgan fingerprint density at radius 2 is 1.80 bits per heavy atom. The molecule has 0 bridgehead atoms. The van der Waals surface area contributed by atoms with E-state index in [4.69, 9.17) is 11.6 Å². The molecule has 0 aliphatic carbocycles. The van der Waals surface area contributed by atoms with E-state index in [9.17, 15) is 13.6 Å². The van der Waals surface area contributed by atoms with Crippen LogP contribution in [0.2, 0.25) is 5.02 Å². The standard InChI is InChI=1S/C15H15ClN2S.C8H6F2O/c1-11(13-4-3-9-18-10-13)19-15(17-2)12-5-7-14(16)8-6-12;1-5(11)6-3-2-4-7(9)8(6)10/h3-11H,1-2H3;2-4H,1H3. The lowest BCUT2D eigenvalue weighted by Crippen LogP contribution is -1.99. The molecule has 3 aromatic rings. The van der Waals surface area contributed by atoms with Crippen LogP contribution in [0.4, 0.5) is 8.78 Å². The topological polar surface area (TPSA) is 42.3 Å². The van der Waals surface area contributed by atoms with Crippen molar-refractivity contribution in [3.05, 3.63) is 100 Å². The fourth-order valence-electron chi connectivity index (χ4n) is 2.47. The highest BCUT2D eigenvalue weighted by Crippen LogP contribution is 2.31. The van der Waals surface area contributed by atoms with Gasteiger partial charge >= 0.3 is 0 Å². The molecule has 30 heavy (non-hydrogen) atoms. The van der Waals surface area contributed by atoms with Gasteiger partial charge in [-0.1, -0.05) is 47.6 Å². The van der Waals surface area contributed by atoms with Gasteiger partial charge in [-0.2, -0.15) is 0 Å². The van der Waals surface area contributed by atoms with E-state index < -0.39 is 17.4 Å². The van der Waals surface area contributed by atoms with Gasteiger partial charge in [0.1, 0.15) is 0 Å². The normalized spacial score (nSPS) is 12.0. The fraction of sp³-hybridized carbons (Fsp3) is 0.174. The van der Waals surface area contributed by atoms with Crippen LogP contribution in [-0.4, -0.2) is 22.9 Å². The average molecular weight is 447 g/mol. The lowest BCUT2D eigenvalue weighted by molar-refractivity contribution is 0.101. The molecule has 2 aromatic carbocycles. The second kappa shape index (κ2) is 11.6. The minimum atomic E-state index is -1.07. The fourth-order valence-corrected chi connectivity index (χ4v) is 3.58. The Bertz CT molecular complexity index is 1010. The van der Waals surface area contributed by atoms with Crippen LogP contribution >= 0.6 is 23.4 Å². The predicted molar refractivity (Wildman–Crippen MR) is 121 cm³/mol. The third kappa shape index (κ3) is 6.75. The Hall–Kier alpha value is -2.57. The van der Waals surface area contributed by atoms with Crippen molar-refractivity contribution in [2.24, 2.45) is 4.99 Å². The van der Waals surface area contributed by atoms with E-state index in [1.54, 1.807) is 18.0 Å². The van der Waals surface area contributed by atoms with E-state index >= 15 is 0 Å². The molecule has 1 aromatic heterocycles. The third-order valence-corrected chi connectivity index (χ3v) is 5.59. The Morgan fingerprint density at radius 3 is 2.33 bits per heavy atom. The lowest BCUT2D eigenvalue weighted by atomic mass is 10.1. The quantitative estimate of drug-likeness (QED) is 0.252. The number of aromatic nitrogens is 1. The SMILES string of the molecule is CC(=O)c1cccc(F)c1F.CN=C(SC(C)c1cccnc1)c1ccc(Cl)cc1. The van der Waals surface area contributed by atoms with Crippen molar-refractivity contribution < 1.29 is 13.6 Å². The molecular weight excluding hydrogens is 426 g/mol. The van der Waals surface area contributed by atoms with Crippen LogP contribution in [0.5, 0.6) is 0 Å². The van der Waals surface area contributed by atoms with Crippen molar-refractivity contribution in [1.82, 2.24) is 4.98 Å². The summed E-state index contributed by atoms with van der Waals surface area (Å²) in [6.07, 6.45) is 3.68. The van der Waals surface area contributed by atoms with Crippen molar-refractivity contribution in [2.75, 3.05) is 7.05 Å². The maximum atomic E-state index is 12.7. The minimum absolute atomic E-state index is 0.204. The number of thioether (sulfide) groups is 1. The first kappa shape index (κ1) is 23.7. The minimum Gasteiger partial charge on any atom is -0.294 e. The number of carbonyl (C=O) groups excluding carboxylic acids is 1. The highest BCUT2D eigenvalue weighted by Gasteiger charge is 2.12. The van der Waals surface area contributed by atoms with Gasteiger partial charge in [0.05, 0.1) is 10.6 Å². The van der Waals surface area contributed by atoms with Gasteiger partial charge in [0.25, 0.3) is 0 Å². The second-order valence-electron chi connectivity index (χ2n) is 6.24. The van der Waals surface area contributed by atoms with Gasteiger partial charge in [-0.25, -0.2) is 8.78 Å². The van der Waals surface area contributed by atoms with Crippen LogP contribution in [0.1, 0.15) is 40.6 Å². The summed E-state index contributed by atoms with van der Waals surface area (Å²) >= 11 is 7.63. The zero-order valence-corrected chi connectivity index (χ0v) is 18.3. The van der Waals surface area contributed by atoms with Gasteiger partial charge in [-0.3, -0.25) is 14.8 Å². The molecule has 0 radical (unpaired) electrons. The number of pyridine rings is 1. The second-order valence-corrected chi connectivity index (χ2v) is 8.01. The zero-order valence-electron chi connectivity index (χ0n) is 16.8. The molecule has 1 unspecified atom stereocenters. The summed E-state index contributed by atoms with van der Waals surface area (Å²) in [6.45, 7) is 3.35. The van der Waals surface area contributed by atoms with Crippen LogP contribution in [0.25, 0.3) is 0 Å². The molecule has 0 spiro atoms. The first-order valence-corrected chi connectivity index (χ1v) is 10.3. The highest BCUT2D eigenvalue weighted by atomic mass is 35.5. The van der Waals surface area contributed by atoms with Crippen molar-refractivity contribution >= 4 is 34.2 Å². The molecule has 0 aliphatic rings. The van der Waals surface area contributed by atoms with Gasteiger partial charge in [-0.15, -0.1) is 0 Å². The molecule has 3 rings (SSSR count). The molecule has 7 heteroatoms. The summed E-state index contributed by atoms with van der Waals surface area (Å²) in [4.78, 5) is 19.1. The molecule has 156 valence electrons. The summed E-state index contributed by atoms with van der Waals surface area (Å²) < 4.78 is 25.1.